The summed E-state index contributed by atoms with van der Waals surface area (Å²) in [6.07, 6.45) is 8.95. The lowest BCUT2D eigenvalue weighted by atomic mass is 9.65. The molecular weight excluding hydrogens is 248 g/mol. The Bertz CT molecular complexity index is 285. The number of aliphatic carboxylic acids is 1. The van der Waals surface area contributed by atoms with E-state index in [1.54, 1.807) is 0 Å². The average Bonchev–Trinajstić information content (AvgIpc) is 2.37. The fourth-order valence-electron chi connectivity index (χ4n) is 4.06. The minimum atomic E-state index is -0.654. The van der Waals surface area contributed by atoms with Crippen molar-refractivity contribution in [1.29, 1.82) is 0 Å². The Labute approximate surface area is 125 Å². The van der Waals surface area contributed by atoms with Crippen molar-refractivity contribution in [1.82, 2.24) is 0 Å². The molecule has 20 heavy (non-hydrogen) atoms. The molecule has 118 valence electrons. The molecule has 0 aromatic carbocycles. The van der Waals surface area contributed by atoms with Gasteiger partial charge in [0.15, 0.2) is 0 Å². The molecule has 0 aliphatic heterocycles. The number of carboxylic acids is 1. The zero-order valence-electron chi connectivity index (χ0n) is 13.9. The predicted octanol–water partition coefficient (Wildman–Crippen LogP) is 5.37. The second-order valence-electron chi connectivity index (χ2n) is 7.46. The SMILES string of the molecule is CC1CCC(C(C)C)C(C(C)CCCCCC(=O)O)C1. The van der Waals surface area contributed by atoms with Gasteiger partial charge in [0, 0.05) is 6.42 Å². The van der Waals surface area contributed by atoms with Crippen molar-refractivity contribution in [3.63, 3.8) is 0 Å². The number of hydrogen-bond acceptors (Lipinski definition) is 1. The number of hydrogen-bond donors (Lipinski definition) is 1. The van der Waals surface area contributed by atoms with E-state index >= 15 is 0 Å². The molecule has 1 aliphatic rings. The normalized spacial score (nSPS) is 28.6. The maximum atomic E-state index is 10.5. The average molecular weight is 282 g/mol. The largest absolute Gasteiger partial charge is 0.481 e. The van der Waals surface area contributed by atoms with Crippen molar-refractivity contribution in [2.45, 2.75) is 79.1 Å². The van der Waals surface area contributed by atoms with Crippen molar-refractivity contribution in [2.75, 3.05) is 0 Å². The van der Waals surface area contributed by atoms with Gasteiger partial charge in [-0.2, -0.15) is 0 Å². The molecule has 0 aromatic heterocycles. The van der Waals surface area contributed by atoms with Crippen LogP contribution in [0.3, 0.4) is 0 Å². The van der Waals surface area contributed by atoms with E-state index in [1.165, 1.54) is 32.1 Å². The summed E-state index contributed by atoms with van der Waals surface area (Å²) in [7, 11) is 0. The lowest BCUT2D eigenvalue weighted by Gasteiger charge is -2.41. The van der Waals surface area contributed by atoms with Crippen LogP contribution in [0.1, 0.15) is 79.1 Å². The predicted molar refractivity (Wildman–Crippen MR) is 84.7 cm³/mol. The summed E-state index contributed by atoms with van der Waals surface area (Å²) >= 11 is 0. The number of unbranched alkanes of at least 4 members (excludes halogenated alkanes) is 2. The fraction of sp³-hybridized carbons (Fsp3) is 0.944. The van der Waals surface area contributed by atoms with Crippen LogP contribution in [0.5, 0.6) is 0 Å². The van der Waals surface area contributed by atoms with E-state index in [1.807, 2.05) is 0 Å². The number of carboxylic acid groups (broad SMARTS) is 1. The van der Waals surface area contributed by atoms with E-state index in [2.05, 4.69) is 27.7 Å². The van der Waals surface area contributed by atoms with Crippen molar-refractivity contribution < 1.29 is 9.90 Å². The summed E-state index contributed by atoms with van der Waals surface area (Å²) < 4.78 is 0. The Morgan fingerprint density at radius 1 is 1.10 bits per heavy atom. The van der Waals surface area contributed by atoms with Gasteiger partial charge in [-0.1, -0.05) is 53.4 Å². The highest BCUT2D eigenvalue weighted by molar-refractivity contribution is 5.66. The smallest absolute Gasteiger partial charge is 0.303 e. The third-order valence-electron chi connectivity index (χ3n) is 5.35. The Morgan fingerprint density at radius 3 is 2.40 bits per heavy atom. The van der Waals surface area contributed by atoms with Gasteiger partial charge in [-0.15, -0.1) is 0 Å². The second kappa shape index (κ2) is 8.69. The molecule has 1 fully saturated rings. The van der Waals surface area contributed by atoms with E-state index in [9.17, 15) is 4.79 Å². The third kappa shape index (κ3) is 5.85. The molecule has 1 saturated carbocycles. The summed E-state index contributed by atoms with van der Waals surface area (Å²) in [6.45, 7) is 9.60. The van der Waals surface area contributed by atoms with Crippen LogP contribution in [0.15, 0.2) is 0 Å². The van der Waals surface area contributed by atoms with Gasteiger partial charge in [-0.25, -0.2) is 0 Å². The molecule has 4 unspecified atom stereocenters. The first-order valence-corrected chi connectivity index (χ1v) is 8.63. The van der Waals surface area contributed by atoms with E-state index in [4.69, 9.17) is 5.11 Å². The molecule has 4 atom stereocenters. The summed E-state index contributed by atoms with van der Waals surface area (Å²) in [6, 6.07) is 0. The highest BCUT2D eigenvalue weighted by Gasteiger charge is 2.33. The molecule has 2 heteroatoms. The molecule has 0 heterocycles. The van der Waals surface area contributed by atoms with Crippen molar-refractivity contribution in [3.8, 4) is 0 Å². The zero-order chi connectivity index (χ0) is 15.1. The van der Waals surface area contributed by atoms with Gasteiger partial charge in [-0.05, 0) is 48.9 Å². The van der Waals surface area contributed by atoms with Crippen LogP contribution in [-0.4, -0.2) is 11.1 Å². The minimum Gasteiger partial charge on any atom is -0.481 e. The van der Waals surface area contributed by atoms with Crippen molar-refractivity contribution in [3.05, 3.63) is 0 Å². The molecule has 0 saturated heterocycles. The Kier molecular flexibility index (Phi) is 7.61. The second-order valence-corrected chi connectivity index (χ2v) is 7.46. The molecule has 2 nitrogen and oxygen atoms in total. The van der Waals surface area contributed by atoms with Gasteiger partial charge < -0.3 is 5.11 Å². The van der Waals surface area contributed by atoms with E-state index in [0.717, 1.165) is 42.4 Å². The van der Waals surface area contributed by atoms with E-state index in [0.29, 0.717) is 6.42 Å². The van der Waals surface area contributed by atoms with Crippen LogP contribution in [0.4, 0.5) is 0 Å². The Hall–Kier alpha value is -0.530. The van der Waals surface area contributed by atoms with Crippen LogP contribution in [0, 0.1) is 29.6 Å². The van der Waals surface area contributed by atoms with Crippen LogP contribution < -0.4 is 0 Å². The topological polar surface area (TPSA) is 37.3 Å². The van der Waals surface area contributed by atoms with Gasteiger partial charge in [0.2, 0.25) is 0 Å². The highest BCUT2D eigenvalue weighted by atomic mass is 16.4. The maximum Gasteiger partial charge on any atom is 0.303 e. The molecule has 1 N–H and O–H groups in total. The van der Waals surface area contributed by atoms with E-state index in [-0.39, 0.29) is 0 Å². The van der Waals surface area contributed by atoms with Crippen LogP contribution in [-0.2, 0) is 4.79 Å². The molecule has 0 bridgehead atoms. The molecular formula is C18H34O2. The number of rotatable bonds is 8. The fourth-order valence-corrected chi connectivity index (χ4v) is 4.06. The highest BCUT2D eigenvalue weighted by Crippen LogP contribution is 2.43. The van der Waals surface area contributed by atoms with Gasteiger partial charge in [0.1, 0.15) is 0 Å². The Morgan fingerprint density at radius 2 is 1.80 bits per heavy atom. The summed E-state index contributed by atoms with van der Waals surface area (Å²) in [5.74, 6) is 3.64. The molecule has 1 aliphatic carbocycles. The molecule has 0 spiro atoms. The lowest BCUT2D eigenvalue weighted by molar-refractivity contribution is -0.137. The first-order valence-electron chi connectivity index (χ1n) is 8.63. The standard InChI is InChI=1S/C18H34O2/c1-13(2)16-11-10-14(3)12-17(16)15(4)8-6-5-7-9-18(19)20/h13-17H,5-12H2,1-4H3,(H,19,20). The first kappa shape index (κ1) is 17.5. The van der Waals surface area contributed by atoms with Gasteiger partial charge in [0.25, 0.3) is 0 Å². The van der Waals surface area contributed by atoms with Gasteiger partial charge >= 0.3 is 5.97 Å². The third-order valence-corrected chi connectivity index (χ3v) is 5.35. The molecule has 1 rings (SSSR count). The quantitative estimate of drug-likeness (QED) is 0.608. The van der Waals surface area contributed by atoms with Crippen molar-refractivity contribution >= 4 is 5.97 Å². The summed E-state index contributed by atoms with van der Waals surface area (Å²) in [5.41, 5.74) is 0. The minimum absolute atomic E-state index is 0.337. The first-order chi connectivity index (χ1) is 9.41. The number of carbonyl (C=O) groups is 1. The zero-order valence-corrected chi connectivity index (χ0v) is 13.9. The van der Waals surface area contributed by atoms with Gasteiger partial charge in [0.05, 0.1) is 0 Å². The van der Waals surface area contributed by atoms with Gasteiger partial charge in [-0.3, -0.25) is 4.79 Å². The summed E-state index contributed by atoms with van der Waals surface area (Å²) in [4.78, 5) is 10.5. The monoisotopic (exact) mass is 282 g/mol. The lowest BCUT2D eigenvalue weighted by Crippen LogP contribution is -2.32. The molecule has 0 aromatic rings. The molecule has 0 radical (unpaired) electrons. The van der Waals surface area contributed by atoms with E-state index < -0.39 is 5.97 Å². The van der Waals surface area contributed by atoms with Crippen LogP contribution in [0.2, 0.25) is 0 Å². The maximum absolute atomic E-state index is 10.5. The van der Waals surface area contributed by atoms with Crippen molar-refractivity contribution in [2.24, 2.45) is 29.6 Å². The van der Waals surface area contributed by atoms with Crippen LogP contribution in [0.25, 0.3) is 0 Å². The molecule has 0 amide bonds. The Balaban J connectivity index is 2.34. The van der Waals surface area contributed by atoms with Crippen LogP contribution >= 0.6 is 0 Å². The summed E-state index contributed by atoms with van der Waals surface area (Å²) in [5, 5.41) is 8.65.